The molecule has 3 N–H and O–H groups in total. The Labute approximate surface area is 81.2 Å². The average Bonchev–Trinajstić information content (AvgIpc) is 1.62. The fourth-order valence-electron chi connectivity index (χ4n) is 0.302. The van der Waals surface area contributed by atoms with E-state index in [1.165, 1.54) is 13.8 Å². The van der Waals surface area contributed by atoms with Gasteiger partial charge in [0, 0.05) is 0 Å². The first-order chi connectivity index (χ1) is 3.85. The molecular formula is C5H11NaO4. The van der Waals surface area contributed by atoms with Crippen LogP contribution in [0.3, 0.4) is 0 Å². The van der Waals surface area contributed by atoms with Gasteiger partial charge in [-0.15, -0.1) is 0 Å². The van der Waals surface area contributed by atoms with Crippen LogP contribution in [0.15, 0.2) is 0 Å². The van der Waals surface area contributed by atoms with Gasteiger partial charge in [-0.3, -0.25) is 0 Å². The molecule has 0 rings (SSSR count). The fraction of sp³-hybridized carbons (Fsp3) is 0.800. The molecule has 0 aromatic rings. The fourth-order valence-corrected chi connectivity index (χ4v) is 0.302. The average molecular weight is 158 g/mol. The molecule has 0 aliphatic carbocycles. The third kappa shape index (κ3) is 4.24. The van der Waals surface area contributed by atoms with Gasteiger partial charge in [-0.25, -0.2) is 4.79 Å². The molecule has 56 valence electrons. The van der Waals surface area contributed by atoms with Gasteiger partial charge in [0.2, 0.25) is 0 Å². The predicted octanol–water partition coefficient (Wildman–Crippen LogP) is -1.45. The summed E-state index contributed by atoms with van der Waals surface area (Å²) in [5.41, 5.74) is -1.56. The second-order valence-electron chi connectivity index (χ2n) is 2.39. The van der Waals surface area contributed by atoms with Crippen LogP contribution in [0.5, 0.6) is 0 Å². The number of hydrogen-bond donors (Lipinski definition) is 3. The van der Waals surface area contributed by atoms with Crippen molar-refractivity contribution >= 4 is 35.5 Å². The molecule has 0 amide bonds. The first-order valence-electron chi connectivity index (χ1n) is 2.49. The van der Waals surface area contributed by atoms with E-state index in [1.54, 1.807) is 0 Å². The van der Waals surface area contributed by atoms with E-state index in [0.29, 0.717) is 0 Å². The van der Waals surface area contributed by atoms with Crippen LogP contribution < -0.4 is 0 Å². The molecule has 10 heavy (non-hydrogen) atoms. The summed E-state index contributed by atoms with van der Waals surface area (Å²) in [5, 5.41) is 25.5. The van der Waals surface area contributed by atoms with Gasteiger partial charge in [0.05, 0.1) is 5.60 Å². The molecule has 0 aliphatic rings. The Morgan fingerprint density at radius 2 is 1.80 bits per heavy atom. The van der Waals surface area contributed by atoms with Crippen molar-refractivity contribution in [2.45, 2.75) is 25.6 Å². The summed E-state index contributed by atoms with van der Waals surface area (Å²) >= 11 is 0. The summed E-state index contributed by atoms with van der Waals surface area (Å²) in [6, 6.07) is 0. The van der Waals surface area contributed by atoms with E-state index in [-0.39, 0.29) is 29.6 Å². The number of carbonyl (C=O) groups is 1. The quantitative estimate of drug-likeness (QED) is 0.430. The number of hydrogen-bond acceptors (Lipinski definition) is 3. The Hall–Kier alpha value is 0.390. The molecule has 0 saturated heterocycles. The molecule has 0 saturated carbocycles. The number of carboxylic acid groups (broad SMARTS) is 1. The second kappa shape index (κ2) is 4.31. The summed E-state index contributed by atoms with van der Waals surface area (Å²) in [5.74, 6) is -1.41. The molecule has 5 heteroatoms. The van der Waals surface area contributed by atoms with Crippen molar-refractivity contribution in [1.82, 2.24) is 0 Å². The third-order valence-corrected chi connectivity index (χ3v) is 0.903. The summed E-state index contributed by atoms with van der Waals surface area (Å²) < 4.78 is 0. The Bertz CT molecular complexity index is 117. The zero-order chi connectivity index (χ0) is 7.65. The zero-order valence-corrected chi connectivity index (χ0v) is 5.33. The number of aliphatic hydroxyl groups excluding tert-OH is 1. The van der Waals surface area contributed by atoms with Crippen molar-refractivity contribution in [1.29, 1.82) is 0 Å². The van der Waals surface area contributed by atoms with Crippen molar-refractivity contribution in [3.05, 3.63) is 0 Å². The number of aliphatic hydroxyl groups is 2. The van der Waals surface area contributed by atoms with Crippen molar-refractivity contribution < 1.29 is 20.1 Å². The van der Waals surface area contributed by atoms with E-state index in [4.69, 9.17) is 15.3 Å². The zero-order valence-electron chi connectivity index (χ0n) is 5.33. The first-order valence-corrected chi connectivity index (χ1v) is 2.49. The number of aliphatic carboxylic acids is 1. The SMILES string of the molecule is CC(C)(O)C(O)C(=O)O.[NaH]. The van der Waals surface area contributed by atoms with Crippen LogP contribution >= 0.6 is 0 Å². The van der Waals surface area contributed by atoms with E-state index < -0.39 is 17.7 Å². The molecule has 1 atom stereocenters. The van der Waals surface area contributed by atoms with Crippen LogP contribution in [-0.2, 0) is 4.79 Å². The van der Waals surface area contributed by atoms with Crippen LogP contribution in [0.4, 0.5) is 0 Å². The van der Waals surface area contributed by atoms with Crippen molar-refractivity contribution in [3.8, 4) is 0 Å². The van der Waals surface area contributed by atoms with Crippen LogP contribution in [0.25, 0.3) is 0 Å². The minimum atomic E-state index is -1.71. The maximum atomic E-state index is 9.94. The van der Waals surface area contributed by atoms with Crippen LogP contribution in [0, 0.1) is 0 Å². The molecular weight excluding hydrogens is 147 g/mol. The van der Waals surface area contributed by atoms with Crippen molar-refractivity contribution in [2.75, 3.05) is 0 Å². The van der Waals surface area contributed by atoms with Crippen molar-refractivity contribution in [3.63, 3.8) is 0 Å². The van der Waals surface area contributed by atoms with Gasteiger partial charge in [-0.05, 0) is 13.8 Å². The molecule has 0 aromatic carbocycles. The van der Waals surface area contributed by atoms with Gasteiger partial charge in [-0.2, -0.15) is 0 Å². The molecule has 0 radical (unpaired) electrons. The monoisotopic (exact) mass is 158 g/mol. The Kier molecular flexibility index (Phi) is 5.60. The van der Waals surface area contributed by atoms with E-state index in [1.807, 2.05) is 0 Å². The van der Waals surface area contributed by atoms with E-state index in [2.05, 4.69) is 0 Å². The summed E-state index contributed by atoms with van der Waals surface area (Å²) in [6.45, 7) is 2.46. The van der Waals surface area contributed by atoms with Gasteiger partial charge in [-0.1, -0.05) is 0 Å². The number of carboxylic acids is 1. The maximum absolute atomic E-state index is 9.94. The summed E-state index contributed by atoms with van der Waals surface area (Å²) in [7, 11) is 0. The van der Waals surface area contributed by atoms with Gasteiger partial charge >= 0.3 is 35.5 Å². The topological polar surface area (TPSA) is 77.8 Å². The Morgan fingerprint density at radius 3 is 1.80 bits per heavy atom. The van der Waals surface area contributed by atoms with Gasteiger partial charge in [0.1, 0.15) is 0 Å². The molecule has 1 unspecified atom stereocenters. The van der Waals surface area contributed by atoms with Crippen LogP contribution in [-0.4, -0.2) is 62.6 Å². The normalized spacial score (nSPS) is 13.6. The first kappa shape index (κ1) is 13.0. The van der Waals surface area contributed by atoms with Gasteiger partial charge in [0.25, 0.3) is 0 Å². The Morgan fingerprint density at radius 1 is 1.50 bits per heavy atom. The Balaban J connectivity index is 0. The van der Waals surface area contributed by atoms with Crippen LogP contribution in [0.1, 0.15) is 13.8 Å². The standard InChI is InChI=1S/C5H10O4.Na.H/c1-5(2,9)3(6)4(7)8;;/h3,6,9H,1-2H3,(H,7,8);;. The summed E-state index contributed by atoms with van der Waals surface area (Å²) in [6.07, 6.45) is -1.71. The van der Waals surface area contributed by atoms with Gasteiger partial charge < -0.3 is 15.3 Å². The van der Waals surface area contributed by atoms with E-state index >= 15 is 0 Å². The minimum absolute atomic E-state index is 0. The third-order valence-electron chi connectivity index (χ3n) is 0.903. The molecule has 4 nitrogen and oxygen atoms in total. The predicted molar refractivity (Wildman–Crippen MR) is 37.1 cm³/mol. The molecule has 0 heterocycles. The second-order valence-corrected chi connectivity index (χ2v) is 2.39. The van der Waals surface area contributed by atoms with E-state index in [0.717, 1.165) is 0 Å². The van der Waals surface area contributed by atoms with Crippen LogP contribution in [0.2, 0.25) is 0 Å². The summed E-state index contributed by atoms with van der Waals surface area (Å²) in [4.78, 5) is 9.94. The number of rotatable bonds is 2. The molecule has 0 aromatic heterocycles. The van der Waals surface area contributed by atoms with Gasteiger partial charge in [0.15, 0.2) is 6.10 Å². The van der Waals surface area contributed by atoms with Crippen molar-refractivity contribution in [2.24, 2.45) is 0 Å². The molecule has 0 spiro atoms. The van der Waals surface area contributed by atoms with E-state index in [9.17, 15) is 4.79 Å². The molecule has 0 aliphatic heterocycles. The molecule has 0 bridgehead atoms. The molecule has 0 fully saturated rings.